The molecule has 1 aliphatic rings. The molecule has 0 fully saturated rings. The minimum absolute atomic E-state index is 0.0362. The molecule has 0 aromatic heterocycles. The Morgan fingerprint density at radius 3 is 2.27 bits per heavy atom. The van der Waals surface area contributed by atoms with Crippen LogP contribution in [-0.2, 0) is 16.0 Å². The number of guanidine groups is 1. The van der Waals surface area contributed by atoms with Crippen molar-refractivity contribution in [2.24, 2.45) is 16.5 Å². The quantitative estimate of drug-likeness (QED) is 0.171. The van der Waals surface area contributed by atoms with Crippen molar-refractivity contribution in [3.8, 4) is 5.75 Å². The largest absolute Gasteiger partial charge is 0.494 e. The van der Waals surface area contributed by atoms with E-state index in [1.807, 2.05) is 12.1 Å². The topological polar surface area (TPSA) is 169 Å². The molecule has 0 bridgehead atoms. The van der Waals surface area contributed by atoms with Crippen LogP contribution in [0.3, 0.4) is 0 Å². The van der Waals surface area contributed by atoms with Crippen LogP contribution in [0.2, 0.25) is 0 Å². The summed E-state index contributed by atoms with van der Waals surface area (Å²) in [5, 5.41) is 16.0. The first-order chi connectivity index (χ1) is 17.4. The summed E-state index contributed by atoms with van der Waals surface area (Å²) in [5.41, 5.74) is 12.2. The SMILES string of the molecule is NC(N)=NCCCCCCCCOc1ccc2c(c1)C(=O)N(CCC(=O)O)CCC2.O=C(O)C(F)(F)F. The first kappa shape index (κ1) is 31.5. The first-order valence-corrected chi connectivity index (χ1v) is 12.0. The normalized spacial score (nSPS) is 13.1. The molecule has 0 saturated carbocycles. The zero-order valence-electron chi connectivity index (χ0n) is 20.6. The van der Waals surface area contributed by atoms with E-state index in [1.54, 1.807) is 11.0 Å². The number of fused-ring (bicyclic) bond motifs is 1. The number of aryl methyl sites for hydroxylation is 1. The van der Waals surface area contributed by atoms with Crippen molar-refractivity contribution in [1.29, 1.82) is 0 Å². The minimum Gasteiger partial charge on any atom is -0.494 e. The van der Waals surface area contributed by atoms with Crippen molar-refractivity contribution < 1.29 is 42.5 Å². The third-order valence-corrected chi connectivity index (χ3v) is 5.43. The van der Waals surface area contributed by atoms with Gasteiger partial charge in [0.05, 0.1) is 13.0 Å². The van der Waals surface area contributed by atoms with Gasteiger partial charge in [-0.05, 0) is 43.4 Å². The average Bonchev–Trinajstić information content (AvgIpc) is 2.97. The molecule has 2 rings (SSSR count). The number of aliphatic carboxylic acids is 2. The summed E-state index contributed by atoms with van der Waals surface area (Å²) in [6.07, 6.45) is 3.00. The second-order valence-corrected chi connectivity index (χ2v) is 8.44. The van der Waals surface area contributed by atoms with Gasteiger partial charge < -0.3 is 31.3 Å². The highest BCUT2D eigenvalue weighted by Gasteiger charge is 2.38. The molecule has 1 aromatic carbocycles. The number of amides is 1. The molecule has 1 aliphatic heterocycles. The molecule has 1 amide bonds. The molecule has 0 radical (unpaired) electrons. The van der Waals surface area contributed by atoms with Crippen LogP contribution in [0.5, 0.6) is 5.75 Å². The molecule has 6 N–H and O–H groups in total. The number of nitrogens with two attached hydrogens (primary N) is 2. The number of carboxylic acids is 2. The Morgan fingerprint density at radius 1 is 1.05 bits per heavy atom. The van der Waals surface area contributed by atoms with Gasteiger partial charge in [0.25, 0.3) is 5.91 Å². The Morgan fingerprint density at radius 2 is 1.68 bits per heavy atom. The number of hydrogen-bond acceptors (Lipinski definition) is 5. The molecule has 37 heavy (non-hydrogen) atoms. The van der Waals surface area contributed by atoms with Crippen molar-refractivity contribution >= 4 is 23.8 Å². The second kappa shape index (κ2) is 16.3. The lowest BCUT2D eigenvalue weighted by Gasteiger charge is -2.20. The van der Waals surface area contributed by atoms with Crippen LogP contribution < -0.4 is 16.2 Å². The molecule has 208 valence electrons. The third kappa shape index (κ3) is 13.4. The summed E-state index contributed by atoms with van der Waals surface area (Å²) in [5.74, 6) is -2.90. The Balaban J connectivity index is 0.000000856. The number of unbranched alkanes of at least 4 members (excludes halogenated alkanes) is 5. The summed E-state index contributed by atoms with van der Waals surface area (Å²) >= 11 is 0. The summed E-state index contributed by atoms with van der Waals surface area (Å²) in [6, 6.07) is 5.68. The number of carbonyl (C=O) groups is 3. The Bertz CT molecular complexity index is 920. The second-order valence-electron chi connectivity index (χ2n) is 8.44. The van der Waals surface area contributed by atoms with Crippen molar-refractivity contribution in [3.63, 3.8) is 0 Å². The van der Waals surface area contributed by atoms with Crippen molar-refractivity contribution in [1.82, 2.24) is 4.90 Å². The van der Waals surface area contributed by atoms with E-state index >= 15 is 0 Å². The summed E-state index contributed by atoms with van der Waals surface area (Å²) < 4.78 is 37.6. The molecule has 0 saturated heterocycles. The van der Waals surface area contributed by atoms with Gasteiger partial charge in [-0.3, -0.25) is 14.6 Å². The van der Waals surface area contributed by atoms with E-state index in [-0.39, 0.29) is 24.8 Å². The number of halogens is 3. The third-order valence-electron chi connectivity index (χ3n) is 5.43. The number of carbonyl (C=O) groups excluding carboxylic acids is 1. The van der Waals surface area contributed by atoms with Gasteiger partial charge in [-0.1, -0.05) is 31.7 Å². The number of alkyl halides is 3. The molecule has 0 spiro atoms. The zero-order valence-corrected chi connectivity index (χ0v) is 20.6. The molecule has 0 aliphatic carbocycles. The Labute approximate surface area is 213 Å². The van der Waals surface area contributed by atoms with Crippen LogP contribution in [0.1, 0.15) is 67.3 Å². The number of nitrogens with zero attached hydrogens (tertiary/aromatic N) is 2. The summed E-state index contributed by atoms with van der Waals surface area (Å²) in [4.78, 5) is 38.2. The number of aliphatic imine (C=N–C) groups is 1. The van der Waals surface area contributed by atoms with Gasteiger partial charge in [0.2, 0.25) is 0 Å². The van der Waals surface area contributed by atoms with E-state index in [2.05, 4.69) is 4.99 Å². The number of rotatable bonds is 13. The van der Waals surface area contributed by atoms with Crippen LogP contribution in [0.4, 0.5) is 13.2 Å². The van der Waals surface area contributed by atoms with Crippen molar-refractivity contribution in [3.05, 3.63) is 29.3 Å². The molecule has 0 atom stereocenters. The average molecular weight is 533 g/mol. The lowest BCUT2D eigenvalue weighted by molar-refractivity contribution is -0.192. The number of carboxylic acid groups (broad SMARTS) is 2. The maximum absolute atomic E-state index is 12.8. The fraction of sp³-hybridized carbons (Fsp3) is 0.583. The van der Waals surface area contributed by atoms with Gasteiger partial charge in [-0.15, -0.1) is 0 Å². The van der Waals surface area contributed by atoms with Crippen molar-refractivity contribution in [2.45, 2.75) is 64.0 Å². The van der Waals surface area contributed by atoms with E-state index in [0.29, 0.717) is 31.0 Å². The van der Waals surface area contributed by atoms with Crippen LogP contribution in [0, 0.1) is 0 Å². The highest BCUT2D eigenvalue weighted by molar-refractivity contribution is 5.96. The van der Waals surface area contributed by atoms with Crippen LogP contribution >= 0.6 is 0 Å². The molecular weight excluding hydrogens is 497 g/mol. The molecule has 1 heterocycles. The van der Waals surface area contributed by atoms with Gasteiger partial charge in [-0.2, -0.15) is 13.2 Å². The smallest absolute Gasteiger partial charge is 0.490 e. The lowest BCUT2D eigenvalue weighted by Crippen LogP contribution is -2.33. The maximum Gasteiger partial charge on any atom is 0.490 e. The molecule has 10 nitrogen and oxygen atoms in total. The van der Waals surface area contributed by atoms with Crippen LogP contribution in [-0.4, -0.2) is 71.3 Å². The maximum atomic E-state index is 12.8. The molecule has 0 unspecified atom stereocenters. The summed E-state index contributed by atoms with van der Waals surface area (Å²) in [7, 11) is 0. The van der Waals surface area contributed by atoms with Crippen LogP contribution in [0.15, 0.2) is 23.2 Å². The first-order valence-electron chi connectivity index (χ1n) is 12.0. The minimum atomic E-state index is -5.08. The zero-order chi connectivity index (χ0) is 27.8. The van der Waals surface area contributed by atoms with E-state index in [4.69, 9.17) is 31.2 Å². The van der Waals surface area contributed by atoms with Gasteiger partial charge >= 0.3 is 18.1 Å². The monoisotopic (exact) mass is 532 g/mol. The molecule has 1 aromatic rings. The highest BCUT2D eigenvalue weighted by Crippen LogP contribution is 2.24. The fourth-order valence-corrected chi connectivity index (χ4v) is 3.56. The number of ether oxygens (including phenoxy) is 1. The van der Waals surface area contributed by atoms with E-state index < -0.39 is 18.1 Å². The van der Waals surface area contributed by atoms with Gasteiger partial charge in [0, 0.05) is 25.2 Å². The number of hydrogen-bond donors (Lipinski definition) is 4. The highest BCUT2D eigenvalue weighted by atomic mass is 19.4. The molecular formula is C24H35F3N4O6. The fourth-order valence-electron chi connectivity index (χ4n) is 3.56. The van der Waals surface area contributed by atoms with E-state index in [9.17, 15) is 22.8 Å². The van der Waals surface area contributed by atoms with Gasteiger partial charge in [0.15, 0.2) is 5.96 Å². The van der Waals surface area contributed by atoms with E-state index in [1.165, 1.54) is 0 Å². The Kier molecular flexibility index (Phi) is 13.9. The van der Waals surface area contributed by atoms with Crippen molar-refractivity contribution in [2.75, 3.05) is 26.2 Å². The summed E-state index contributed by atoms with van der Waals surface area (Å²) in [6.45, 7) is 2.13. The predicted octanol–water partition coefficient (Wildman–Crippen LogP) is 3.18. The van der Waals surface area contributed by atoms with Gasteiger partial charge in [0.1, 0.15) is 5.75 Å². The Hall–Kier alpha value is -3.51. The van der Waals surface area contributed by atoms with E-state index in [0.717, 1.165) is 56.9 Å². The van der Waals surface area contributed by atoms with Gasteiger partial charge in [-0.25, -0.2) is 4.79 Å². The standard InChI is InChI=1S/C22H34N4O4.C2HF3O2/c23-22(24)25-12-5-3-1-2-4-6-15-30-18-10-9-17-8-7-13-26(14-11-20(27)28)21(29)19(17)16-18;3-2(4,5)1(6)7/h9-10,16H,1-8,11-15H2,(H,27,28)(H4,23,24,25);(H,6,7). The van der Waals surface area contributed by atoms with Crippen LogP contribution in [0.25, 0.3) is 0 Å². The lowest BCUT2D eigenvalue weighted by atomic mass is 10.0. The predicted molar refractivity (Wildman–Crippen MR) is 130 cm³/mol. The number of benzene rings is 1. The molecule has 13 heteroatoms.